The molecule has 0 saturated carbocycles. The van der Waals surface area contributed by atoms with Gasteiger partial charge in [-0.05, 0) is 35.7 Å². The van der Waals surface area contributed by atoms with E-state index < -0.39 is 0 Å². The molecule has 0 unspecified atom stereocenters. The molecule has 4 nitrogen and oxygen atoms in total. The van der Waals surface area contributed by atoms with E-state index >= 15 is 0 Å². The van der Waals surface area contributed by atoms with E-state index in [0.29, 0.717) is 18.7 Å². The van der Waals surface area contributed by atoms with Crippen molar-refractivity contribution in [3.8, 4) is 0 Å². The van der Waals surface area contributed by atoms with E-state index in [4.69, 9.17) is 5.73 Å². The van der Waals surface area contributed by atoms with Gasteiger partial charge in [-0.3, -0.25) is 4.79 Å². The van der Waals surface area contributed by atoms with Crippen molar-refractivity contribution in [3.63, 3.8) is 0 Å². The average molecular weight is 346 g/mol. The summed E-state index contributed by atoms with van der Waals surface area (Å²) in [7, 11) is 0. The van der Waals surface area contributed by atoms with Crippen LogP contribution in [0.15, 0.2) is 40.9 Å². The summed E-state index contributed by atoms with van der Waals surface area (Å²) < 4.78 is 1.06. The molecule has 108 valence electrons. The van der Waals surface area contributed by atoms with Gasteiger partial charge in [-0.25, -0.2) is 0 Å². The number of nitrogen functional groups attached to an aromatic ring is 1. The summed E-state index contributed by atoms with van der Waals surface area (Å²) in [5, 5.41) is 6.22. The number of hydrogen-bond donors (Lipinski definition) is 3. The fourth-order valence-electron chi connectivity index (χ4n) is 2.43. The standard InChI is InChI=1S/C16H16BrN3O/c17-12-4-2-1-3-11(12)9-19-15-8-14-10(7-13(15)18)5-6-16(21)20-14/h1-4,7-8,19H,5-6,9,18H2,(H,20,21). The van der Waals surface area contributed by atoms with Crippen molar-refractivity contribution in [2.45, 2.75) is 19.4 Å². The van der Waals surface area contributed by atoms with E-state index in [1.165, 1.54) is 0 Å². The predicted octanol–water partition coefficient (Wildman–Crippen LogP) is 3.53. The zero-order valence-electron chi connectivity index (χ0n) is 11.4. The van der Waals surface area contributed by atoms with Crippen LogP contribution in [0.3, 0.4) is 0 Å². The van der Waals surface area contributed by atoms with Crippen molar-refractivity contribution in [1.82, 2.24) is 0 Å². The molecule has 0 radical (unpaired) electrons. The number of rotatable bonds is 3. The summed E-state index contributed by atoms with van der Waals surface area (Å²) >= 11 is 3.53. The van der Waals surface area contributed by atoms with Crippen LogP contribution < -0.4 is 16.4 Å². The molecule has 1 heterocycles. The molecule has 1 aliphatic heterocycles. The number of halogens is 1. The third kappa shape index (κ3) is 3.03. The van der Waals surface area contributed by atoms with Gasteiger partial charge in [-0.2, -0.15) is 0 Å². The Morgan fingerprint density at radius 2 is 2.05 bits per heavy atom. The molecule has 0 aliphatic carbocycles. The van der Waals surface area contributed by atoms with E-state index in [1.54, 1.807) is 0 Å². The molecule has 3 rings (SSSR count). The predicted molar refractivity (Wildman–Crippen MR) is 89.3 cm³/mol. The number of fused-ring (bicyclic) bond motifs is 1. The van der Waals surface area contributed by atoms with Crippen molar-refractivity contribution in [2.24, 2.45) is 0 Å². The lowest BCUT2D eigenvalue weighted by molar-refractivity contribution is -0.116. The molecule has 1 amide bonds. The zero-order chi connectivity index (χ0) is 14.8. The van der Waals surface area contributed by atoms with Crippen molar-refractivity contribution in [1.29, 1.82) is 0 Å². The highest BCUT2D eigenvalue weighted by atomic mass is 79.9. The Labute approximate surface area is 131 Å². The third-order valence-corrected chi connectivity index (χ3v) is 4.37. The lowest BCUT2D eigenvalue weighted by Gasteiger charge is -2.20. The van der Waals surface area contributed by atoms with Gasteiger partial charge in [-0.15, -0.1) is 0 Å². The Bertz CT molecular complexity index is 700. The maximum Gasteiger partial charge on any atom is 0.224 e. The van der Waals surface area contributed by atoms with Gasteiger partial charge < -0.3 is 16.4 Å². The molecule has 2 aromatic carbocycles. The van der Waals surface area contributed by atoms with Gasteiger partial charge in [0.15, 0.2) is 0 Å². The number of aryl methyl sites for hydroxylation is 1. The van der Waals surface area contributed by atoms with Crippen LogP contribution in [0.25, 0.3) is 0 Å². The van der Waals surface area contributed by atoms with Crippen LogP contribution in [0.1, 0.15) is 17.5 Å². The first kappa shape index (κ1) is 13.9. The topological polar surface area (TPSA) is 67.2 Å². The smallest absolute Gasteiger partial charge is 0.224 e. The van der Waals surface area contributed by atoms with Gasteiger partial charge in [0.1, 0.15) is 0 Å². The Morgan fingerprint density at radius 1 is 1.24 bits per heavy atom. The monoisotopic (exact) mass is 345 g/mol. The highest BCUT2D eigenvalue weighted by Crippen LogP contribution is 2.31. The number of carbonyl (C=O) groups excluding carboxylic acids is 1. The van der Waals surface area contributed by atoms with E-state index in [0.717, 1.165) is 33.4 Å². The van der Waals surface area contributed by atoms with Gasteiger partial charge in [0.2, 0.25) is 5.91 Å². The molecular weight excluding hydrogens is 330 g/mol. The second-order valence-electron chi connectivity index (χ2n) is 5.09. The lowest BCUT2D eigenvalue weighted by Crippen LogP contribution is -2.19. The minimum Gasteiger partial charge on any atom is -0.397 e. The van der Waals surface area contributed by atoms with Gasteiger partial charge in [0, 0.05) is 23.1 Å². The van der Waals surface area contributed by atoms with Gasteiger partial charge in [0.25, 0.3) is 0 Å². The molecule has 0 spiro atoms. The van der Waals surface area contributed by atoms with Gasteiger partial charge in [0.05, 0.1) is 11.4 Å². The van der Waals surface area contributed by atoms with E-state index in [-0.39, 0.29) is 5.91 Å². The normalized spacial score (nSPS) is 13.5. The van der Waals surface area contributed by atoms with Crippen LogP contribution in [0, 0.1) is 0 Å². The quantitative estimate of drug-likeness (QED) is 0.745. The van der Waals surface area contributed by atoms with Crippen LogP contribution in [-0.2, 0) is 17.8 Å². The Balaban J connectivity index is 1.81. The molecular formula is C16H16BrN3O. The Morgan fingerprint density at radius 3 is 2.86 bits per heavy atom. The second-order valence-corrected chi connectivity index (χ2v) is 5.94. The highest BCUT2D eigenvalue weighted by Gasteiger charge is 2.16. The summed E-state index contributed by atoms with van der Waals surface area (Å²) in [4.78, 5) is 11.5. The largest absolute Gasteiger partial charge is 0.397 e. The lowest BCUT2D eigenvalue weighted by atomic mass is 10.0. The first-order chi connectivity index (χ1) is 10.1. The molecule has 0 aromatic heterocycles. The molecule has 0 fully saturated rings. The number of hydrogen-bond acceptors (Lipinski definition) is 3. The van der Waals surface area contributed by atoms with Crippen molar-refractivity contribution in [2.75, 3.05) is 16.4 Å². The Hall–Kier alpha value is -2.01. The Kier molecular flexibility index (Phi) is 3.84. The second kappa shape index (κ2) is 5.77. The van der Waals surface area contributed by atoms with Crippen LogP contribution in [-0.4, -0.2) is 5.91 Å². The maximum atomic E-state index is 11.5. The first-order valence-corrected chi connectivity index (χ1v) is 7.62. The minimum atomic E-state index is 0.0593. The van der Waals surface area contributed by atoms with E-state index in [1.807, 2.05) is 36.4 Å². The van der Waals surface area contributed by atoms with Crippen LogP contribution in [0.5, 0.6) is 0 Å². The minimum absolute atomic E-state index is 0.0593. The van der Waals surface area contributed by atoms with Crippen LogP contribution >= 0.6 is 15.9 Å². The summed E-state index contributed by atoms with van der Waals surface area (Å²) in [6, 6.07) is 11.9. The number of carbonyl (C=O) groups is 1. The zero-order valence-corrected chi connectivity index (χ0v) is 13.0. The summed E-state index contributed by atoms with van der Waals surface area (Å²) in [5.41, 5.74) is 10.7. The fourth-order valence-corrected chi connectivity index (χ4v) is 2.86. The van der Waals surface area contributed by atoms with E-state index in [2.05, 4.69) is 26.6 Å². The number of nitrogens with one attached hydrogen (secondary N) is 2. The first-order valence-electron chi connectivity index (χ1n) is 6.83. The number of amides is 1. The highest BCUT2D eigenvalue weighted by molar-refractivity contribution is 9.10. The SMILES string of the molecule is Nc1cc2c(cc1NCc1ccccc1Br)NC(=O)CC2. The van der Waals surface area contributed by atoms with Crippen molar-refractivity contribution in [3.05, 3.63) is 52.0 Å². The third-order valence-electron chi connectivity index (χ3n) is 3.60. The molecule has 0 saturated heterocycles. The molecule has 1 aliphatic rings. The van der Waals surface area contributed by atoms with Gasteiger partial charge >= 0.3 is 0 Å². The van der Waals surface area contributed by atoms with Crippen LogP contribution in [0.2, 0.25) is 0 Å². The van der Waals surface area contributed by atoms with E-state index in [9.17, 15) is 4.79 Å². The van der Waals surface area contributed by atoms with Crippen LogP contribution in [0.4, 0.5) is 17.1 Å². The molecule has 2 aromatic rings. The number of benzene rings is 2. The molecule has 0 bridgehead atoms. The molecule has 4 N–H and O–H groups in total. The van der Waals surface area contributed by atoms with Crippen molar-refractivity contribution < 1.29 is 4.79 Å². The molecule has 0 atom stereocenters. The number of anilines is 3. The van der Waals surface area contributed by atoms with Crippen molar-refractivity contribution >= 4 is 38.9 Å². The van der Waals surface area contributed by atoms with Gasteiger partial charge in [-0.1, -0.05) is 34.1 Å². The average Bonchev–Trinajstić information content (AvgIpc) is 2.47. The fraction of sp³-hybridized carbons (Fsp3) is 0.188. The number of nitrogens with two attached hydrogens (primary N) is 1. The molecule has 21 heavy (non-hydrogen) atoms. The molecule has 5 heteroatoms. The summed E-state index contributed by atoms with van der Waals surface area (Å²) in [6.45, 7) is 0.665. The summed E-state index contributed by atoms with van der Waals surface area (Å²) in [6.07, 6.45) is 1.27. The summed E-state index contributed by atoms with van der Waals surface area (Å²) in [5.74, 6) is 0.0593. The maximum absolute atomic E-state index is 11.5.